The van der Waals surface area contributed by atoms with E-state index in [9.17, 15) is 24.9 Å². The Morgan fingerprint density at radius 3 is 2.30 bits per heavy atom. The van der Waals surface area contributed by atoms with Gasteiger partial charge in [0, 0.05) is 24.9 Å². The number of rotatable bonds is 12. The molecule has 2 unspecified atom stereocenters. The van der Waals surface area contributed by atoms with Crippen molar-refractivity contribution in [1.29, 1.82) is 0 Å². The molecular formula is C25H29N3O5. The molecule has 0 aliphatic heterocycles. The number of hydrogen-bond donors (Lipinski definition) is 4. The molecule has 8 nitrogen and oxygen atoms in total. The number of amides is 1. The van der Waals surface area contributed by atoms with Crippen LogP contribution in [-0.4, -0.2) is 61.4 Å². The van der Waals surface area contributed by atoms with Crippen LogP contribution in [0.3, 0.4) is 0 Å². The van der Waals surface area contributed by atoms with Crippen molar-refractivity contribution < 1.29 is 24.9 Å². The quantitative estimate of drug-likeness (QED) is 0.313. The van der Waals surface area contributed by atoms with Gasteiger partial charge in [-0.1, -0.05) is 54.6 Å². The van der Waals surface area contributed by atoms with Gasteiger partial charge >= 0.3 is 5.97 Å². The zero-order chi connectivity index (χ0) is 23.6. The van der Waals surface area contributed by atoms with E-state index in [-0.39, 0.29) is 13.0 Å². The largest absolute Gasteiger partial charge is 0.479 e. The fraction of sp³-hybridized carbons (Fsp3) is 0.320. The Morgan fingerprint density at radius 1 is 1.00 bits per heavy atom. The fourth-order valence-corrected chi connectivity index (χ4v) is 3.77. The molecule has 0 saturated carbocycles. The third kappa shape index (κ3) is 6.74. The van der Waals surface area contributed by atoms with Crippen molar-refractivity contribution in [1.82, 2.24) is 14.9 Å². The van der Waals surface area contributed by atoms with Gasteiger partial charge in [-0.05, 0) is 36.0 Å². The number of nitrogens with one attached hydrogen (secondary N) is 1. The SMILES string of the molecule is O=C(O)C(O)C(CCCc1ccc(-c2ccccc2)cc1)C(=O)N(CO)CCc1cnc[nH]1. The number of imidazole rings is 1. The van der Waals surface area contributed by atoms with Crippen molar-refractivity contribution in [2.75, 3.05) is 13.3 Å². The molecule has 3 rings (SSSR count). The summed E-state index contributed by atoms with van der Waals surface area (Å²) in [6, 6.07) is 18.1. The van der Waals surface area contributed by atoms with Gasteiger partial charge in [-0.25, -0.2) is 9.78 Å². The van der Waals surface area contributed by atoms with Gasteiger partial charge in [0.2, 0.25) is 5.91 Å². The first kappa shape index (κ1) is 24.2. The van der Waals surface area contributed by atoms with E-state index in [2.05, 4.69) is 9.97 Å². The summed E-state index contributed by atoms with van der Waals surface area (Å²) >= 11 is 0. The highest BCUT2D eigenvalue weighted by molar-refractivity contribution is 5.85. The number of hydrogen-bond acceptors (Lipinski definition) is 5. The van der Waals surface area contributed by atoms with E-state index in [1.54, 1.807) is 6.20 Å². The number of carbonyl (C=O) groups excluding carboxylic acids is 1. The van der Waals surface area contributed by atoms with Crippen molar-refractivity contribution in [2.45, 2.75) is 31.8 Å². The first-order valence-corrected chi connectivity index (χ1v) is 10.9. The molecule has 1 amide bonds. The molecule has 0 bridgehead atoms. The monoisotopic (exact) mass is 451 g/mol. The third-order valence-electron chi connectivity index (χ3n) is 5.68. The number of H-pyrrole nitrogens is 1. The number of carbonyl (C=O) groups is 2. The van der Waals surface area contributed by atoms with E-state index in [1.807, 2.05) is 54.6 Å². The van der Waals surface area contributed by atoms with E-state index in [0.29, 0.717) is 19.3 Å². The van der Waals surface area contributed by atoms with Crippen LogP contribution in [-0.2, 0) is 22.4 Å². The number of aliphatic hydroxyl groups is 2. The number of aryl methyl sites for hydroxylation is 1. The van der Waals surface area contributed by atoms with Crippen LogP contribution < -0.4 is 0 Å². The lowest BCUT2D eigenvalue weighted by Gasteiger charge is -2.27. The summed E-state index contributed by atoms with van der Waals surface area (Å²) in [5.41, 5.74) is 4.07. The van der Waals surface area contributed by atoms with Crippen molar-refractivity contribution >= 4 is 11.9 Å². The Balaban J connectivity index is 1.60. The number of aliphatic carboxylic acids is 1. The molecule has 0 aliphatic carbocycles. The van der Waals surface area contributed by atoms with Crippen LogP contribution in [0.5, 0.6) is 0 Å². The van der Waals surface area contributed by atoms with Crippen molar-refractivity contribution in [3.05, 3.63) is 78.4 Å². The van der Waals surface area contributed by atoms with E-state index in [1.165, 1.54) is 6.33 Å². The maximum absolute atomic E-state index is 12.9. The fourth-order valence-electron chi connectivity index (χ4n) is 3.77. The molecule has 0 spiro atoms. The zero-order valence-electron chi connectivity index (χ0n) is 18.3. The van der Waals surface area contributed by atoms with E-state index in [0.717, 1.165) is 27.3 Å². The van der Waals surface area contributed by atoms with Gasteiger partial charge in [0.1, 0.15) is 6.73 Å². The molecule has 1 aromatic heterocycles. The standard InChI is InChI=1S/C25H29N3O5/c29-17-28(14-13-21-15-26-16-27-21)24(31)22(23(30)25(32)33)8-4-5-18-9-11-20(12-10-18)19-6-2-1-3-7-19/h1-3,6-7,9-12,15-16,22-23,29-30H,4-5,8,13-14,17H2,(H,26,27)(H,32,33). The van der Waals surface area contributed by atoms with Gasteiger partial charge in [-0.15, -0.1) is 0 Å². The van der Waals surface area contributed by atoms with Gasteiger partial charge in [0.15, 0.2) is 6.10 Å². The molecule has 1 heterocycles. The minimum atomic E-state index is -1.83. The number of carboxylic acids is 1. The van der Waals surface area contributed by atoms with Crippen LogP contribution in [0.1, 0.15) is 24.1 Å². The maximum atomic E-state index is 12.9. The Bertz CT molecular complexity index is 1010. The molecule has 3 aromatic rings. The van der Waals surface area contributed by atoms with Crippen LogP contribution >= 0.6 is 0 Å². The summed E-state index contributed by atoms with van der Waals surface area (Å²) < 4.78 is 0. The summed E-state index contributed by atoms with van der Waals surface area (Å²) in [7, 11) is 0. The topological polar surface area (TPSA) is 127 Å². The molecule has 8 heteroatoms. The number of aromatic nitrogens is 2. The lowest BCUT2D eigenvalue weighted by molar-refractivity contribution is -0.158. The minimum absolute atomic E-state index is 0.182. The highest BCUT2D eigenvalue weighted by Gasteiger charge is 2.34. The van der Waals surface area contributed by atoms with Crippen molar-refractivity contribution in [3.8, 4) is 11.1 Å². The molecule has 0 saturated heterocycles. The van der Waals surface area contributed by atoms with Crippen LogP contribution in [0, 0.1) is 5.92 Å². The molecule has 2 aromatic carbocycles. The predicted molar refractivity (Wildman–Crippen MR) is 123 cm³/mol. The Morgan fingerprint density at radius 2 is 1.70 bits per heavy atom. The van der Waals surface area contributed by atoms with E-state index < -0.39 is 30.6 Å². The summed E-state index contributed by atoms with van der Waals surface area (Å²) in [4.78, 5) is 32.3. The lowest BCUT2D eigenvalue weighted by Crippen LogP contribution is -2.45. The second-order valence-electron chi connectivity index (χ2n) is 7.91. The maximum Gasteiger partial charge on any atom is 0.333 e. The molecule has 4 N–H and O–H groups in total. The Labute approximate surface area is 192 Å². The van der Waals surface area contributed by atoms with Gasteiger partial charge < -0.3 is 25.2 Å². The minimum Gasteiger partial charge on any atom is -0.479 e. The third-order valence-corrected chi connectivity index (χ3v) is 5.68. The first-order chi connectivity index (χ1) is 16.0. The van der Waals surface area contributed by atoms with Gasteiger partial charge in [-0.3, -0.25) is 4.79 Å². The second kappa shape index (κ2) is 11.9. The molecule has 33 heavy (non-hydrogen) atoms. The number of nitrogens with zero attached hydrogens (tertiary/aromatic N) is 2. The molecule has 0 fully saturated rings. The van der Waals surface area contributed by atoms with Crippen molar-refractivity contribution in [2.24, 2.45) is 5.92 Å². The van der Waals surface area contributed by atoms with Gasteiger partial charge in [0.05, 0.1) is 12.2 Å². The van der Waals surface area contributed by atoms with Crippen LogP contribution in [0.2, 0.25) is 0 Å². The predicted octanol–water partition coefficient (Wildman–Crippen LogP) is 2.48. The Hall–Kier alpha value is -3.49. The number of benzene rings is 2. The van der Waals surface area contributed by atoms with Crippen LogP contribution in [0.15, 0.2) is 67.1 Å². The smallest absolute Gasteiger partial charge is 0.333 e. The summed E-state index contributed by atoms with van der Waals surface area (Å²) in [6.07, 6.45) is 3.07. The summed E-state index contributed by atoms with van der Waals surface area (Å²) in [5, 5.41) is 29.1. The summed E-state index contributed by atoms with van der Waals surface area (Å²) in [6.45, 7) is -0.377. The molecule has 0 aliphatic rings. The van der Waals surface area contributed by atoms with Crippen molar-refractivity contribution in [3.63, 3.8) is 0 Å². The highest BCUT2D eigenvalue weighted by atomic mass is 16.4. The number of carboxylic acid groups (broad SMARTS) is 1. The summed E-state index contributed by atoms with van der Waals surface area (Å²) in [5.74, 6) is -3.17. The van der Waals surface area contributed by atoms with E-state index >= 15 is 0 Å². The Kier molecular flexibility index (Phi) is 8.74. The number of aliphatic hydroxyl groups excluding tert-OH is 2. The highest BCUT2D eigenvalue weighted by Crippen LogP contribution is 2.22. The molecule has 0 radical (unpaired) electrons. The first-order valence-electron chi connectivity index (χ1n) is 10.9. The zero-order valence-corrected chi connectivity index (χ0v) is 18.3. The molecular weight excluding hydrogens is 422 g/mol. The lowest BCUT2D eigenvalue weighted by atomic mass is 9.92. The number of aromatic amines is 1. The average Bonchev–Trinajstić information content (AvgIpc) is 3.36. The van der Waals surface area contributed by atoms with E-state index in [4.69, 9.17) is 0 Å². The average molecular weight is 452 g/mol. The molecule has 2 atom stereocenters. The van der Waals surface area contributed by atoms with Crippen LogP contribution in [0.4, 0.5) is 0 Å². The molecule has 174 valence electrons. The van der Waals surface area contributed by atoms with Crippen LogP contribution in [0.25, 0.3) is 11.1 Å². The van der Waals surface area contributed by atoms with Gasteiger partial charge in [-0.2, -0.15) is 0 Å². The van der Waals surface area contributed by atoms with Gasteiger partial charge in [0.25, 0.3) is 0 Å². The second-order valence-corrected chi connectivity index (χ2v) is 7.91. The normalized spacial score (nSPS) is 12.8.